The maximum absolute atomic E-state index is 9.63. The summed E-state index contributed by atoms with van der Waals surface area (Å²) in [5.41, 5.74) is -0.195. The van der Waals surface area contributed by atoms with Crippen molar-refractivity contribution in [2.75, 3.05) is 19.7 Å². The normalized spacial score (nSPS) is 27.6. The number of ether oxygens (including phenoxy) is 1. The summed E-state index contributed by atoms with van der Waals surface area (Å²) in [5, 5.41) is 21.9. The average Bonchev–Trinajstić information content (AvgIpc) is 2.11. The van der Waals surface area contributed by atoms with Crippen molar-refractivity contribution in [3.05, 3.63) is 0 Å². The van der Waals surface area contributed by atoms with Crippen LogP contribution in [0.15, 0.2) is 0 Å². The summed E-state index contributed by atoms with van der Waals surface area (Å²) < 4.78 is 5.48. The average molecular weight is 231 g/mol. The summed E-state index contributed by atoms with van der Waals surface area (Å²) in [6.07, 6.45) is 1.23. The zero-order valence-electron chi connectivity index (χ0n) is 10.6. The molecule has 16 heavy (non-hydrogen) atoms. The number of aliphatic hydroxyl groups excluding tert-OH is 2. The van der Waals surface area contributed by atoms with Gasteiger partial charge in [-0.3, -0.25) is 0 Å². The molecule has 1 atom stereocenters. The molecule has 0 saturated heterocycles. The molecule has 0 bridgehead atoms. The van der Waals surface area contributed by atoms with Gasteiger partial charge in [0.15, 0.2) is 0 Å². The summed E-state index contributed by atoms with van der Waals surface area (Å²) in [6.45, 7) is 7.73. The summed E-state index contributed by atoms with van der Waals surface area (Å²) in [6, 6.07) is 0. The van der Waals surface area contributed by atoms with Crippen LogP contribution < -0.4 is 5.32 Å². The second-order valence-corrected chi connectivity index (χ2v) is 5.73. The van der Waals surface area contributed by atoms with E-state index in [0.717, 1.165) is 19.4 Å². The lowest BCUT2D eigenvalue weighted by molar-refractivity contribution is -0.0485. The van der Waals surface area contributed by atoms with E-state index in [2.05, 4.69) is 5.32 Å². The molecular formula is C12H25NO3. The van der Waals surface area contributed by atoms with Crippen LogP contribution in [-0.2, 0) is 4.74 Å². The Labute approximate surface area is 98.0 Å². The van der Waals surface area contributed by atoms with E-state index in [4.69, 9.17) is 9.84 Å². The van der Waals surface area contributed by atoms with Crippen LogP contribution in [0.25, 0.3) is 0 Å². The molecule has 4 heteroatoms. The van der Waals surface area contributed by atoms with Crippen molar-refractivity contribution in [3.8, 4) is 0 Å². The number of aliphatic hydroxyl groups is 2. The zero-order valence-corrected chi connectivity index (χ0v) is 10.6. The van der Waals surface area contributed by atoms with E-state index in [-0.39, 0.29) is 11.7 Å². The molecule has 1 rings (SSSR count). The molecule has 0 heterocycles. The monoisotopic (exact) mass is 231 g/mol. The molecule has 1 aliphatic rings. The predicted octanol–water partition coefficient (Wildman–Crippen LogP) is 0.523. The smallest absolute Gasteiger partial charge is 0.0897 e. The maximum atomic E-state index is 9.63. The molecule has 1 saturated carbocycles. The van der Waals surface area contributed by atoms with Gasteiger partial charge >= 0.3 is 0 Å². The summed E-state index contributed by atoms with van der Waals surface area (Å²) in [4.78, 5) is 0. The lowest BCUT2D eigenvalue weighted by atomic mass is 9.82. The molecule has 0 aliphatic heterocycles. The molecule has 1 aliphatic carbocycles. The van der Waals surface area contributed by atoms with E-state index in [1.807, 2.05) is 20.8 Å². The van der Waals surface area contributed by atoms with Gasteiger partial charge in [-0.25, -0.2) is 0 Å². The zero-order chi connectivity index (χ0) is 12.2. The Morgan fingerprint density at radius 2 is 2.00 bits per heavy atom. The number of nitrogens with one attached hydrogen (secondary N) is 1. The van der Waals surface area contributed by atoms with E-state index in [9.17, 15) is 5.11 Å². The van der Waals surface area contributed by atoms with Gasteiger partial charge in [0.25, 0.3) is 0 Å². The van der Waals surface area contributed by atoms with Crippen LogP contribution in [0.3, 0.4) is 0 Å². The highest BCUT2D eigenvalue weighted by Crippen LogP contribution is 2.25. The fraction of sp³-hybridized carbons (Fsp3) is 1.00. The van der Waals surface area contributed by atoms with Crippen molar-refractivity contribution in [1.29, 1.82) is 0 Å². The van der Waals surface area contributed by atoms with Gasteiger partial charge in [0.2, 0.25) is 0 Å². The van der Waals surface area contributed by atoms with Gasteiger partial charge in [-0.15, -0.1) is 0 Å². The van der Waals surface area contributed by atoms with Gasteiger partial charge in [0.05, 0.1) is 24.4 Å². The van der Waals surface area contributed by atoms with Crippen LogP contribution in [0.5, 0.6) is 0 Å². The first-order chi connectivity index (χ1) is 7.37. The van der Waals surface area contributed by atoms with Crippen LogP contribution in [0.2, 0.25) is 0 Å². The Balaban J connectivity index is 1.96. The molecule has 0 aromatic heterocycles. The van der Waals surface area contributed by atoms with E-state index in [0.29, 0.717) is 19.1 Å². The quantitative estimate of drug-likeness (QED) is 0.624. The second kappa shape index (κ2) is 5.96. The van der Waals surface area contributed by atoms with Gasteiger partial charge in [-0.2, -0.15) is 0 Å². The Bertz CT molecular complexity index is 197. The summed E-state index contributed by atoms with van der Waals surface area (Å²) in [5.74, 6) is 0.575. The molecule has 0 amide bonds. The standard InChI is InChI=1S/C12H25NO3/c1-12(2,3)16-8-11(15)7-13-6-9-4-10(14)5-9/h9-11,13-15H,4-8H2,1-3H3. The van der Waals surface area contributed by atoms with Crippen LogP contribution >= 0.6 is 0 Å². The lowest BCUT2D eigenvalue weighted by Crippen LogP contribution is -2.40. The second-order valence-electron chi connectivity index (χ2n) is 5.73. The first-order valence-electron chi connectivity index (χ1n) is 6.07. The van der Waals surface area contributed by atoms with Crippen LogP contribution in [0, 0.1) is 5.92 Å². The van der Waals surface area contributed by atoms with Crippen LogP contribution in [-0.4, -0.2) is 47.7 Å². The molecule has 0 radical (unpaired) electrons. The van der Waals surface area contributed by atoms with E-state index in [1.165, 1.54) is 0 Å². The molecule has 0 aromatic carbocycles. The lowest BCUT2D eigenvalue weighted by Gasteiger charge is -2.31. The summed E-state index contributed by atoms with van der Waals surface area (Å²) >= 11 is 0. The van der Waals surface area contributed by atoms with E-state index < -0.39 is 6.10 Å². The van der Waals surface area contributed by atoms with E-state index in [1.54, 1.807) is 0 Å². The molecule has 4 nitrogen and oxygen atoms in total. The largest absolute Gasteiger partial charge is 0.393 e. The Morgan fingerprint density at radius 1 is 1.38 bits per heavy atom. The van der Waals surface area contributed by atoms with Crippen molar-refractivity contribution in [2.24, 2.45) is 5.92 Å². The highest BCUT2D eigenvalue weighted by atomic mass is 16.5. The molecular weight excluding hydrogens is 206 g/mol. The molecule has 0 spiro atoms. The van der Waals surface area contributed by atoms with E-state index >= 15 is 0 Å². The summed E-state index contributed by atoms with van der Waals surface area (Å²) in [7, 11) is 0. The first-order valence-corrected chi connectivity index (χ1v) is 6.07. The number of rotatable bonds is 6. The molecule has 1 fully saturated rings. The fourth-order valence-electron chi connectivity index (χ4n) is 1.73. The third kappa shape index (κ3) is 5.80. The van der Waals surface area contributed by atoms with Gasteiger partial charge in [-0.05, 0) is 46.1 Å². The molecule has 96 valence electrons. The number of hydrogen-bond donors (Lipinski definition) is 3. The van der Waals surface area contributed by atoms with Gasteiger partial charge in [0, 0.05) is 6.54 Å². The van der Waals surface area contributed by atoms with Gasteiger partial charge in [0.1, 0.15) is 0 Å². The molecule has 1 unspecified atom stereocenters. The molecule has 0 aromatic rings. The minimum Gasteiger partial charge on any atom is -0.393 e. The minimum atomic E-state index is -0.454. The third-order valence-corrected chi connectivity index (χ3v) is 2.73. The van der Waals surface area contributed by atoms with Crippen molar-refractivity contribution >= 4 is 0 Å². The van der Waals surface area contributed by atoms with Gasteiger partial charge in [-0.1, -0.05) is 0 Å². The third-order valence-electron chi connectivity index (χ3n) is 2.73. The Hall–Kier alpha value is -0.160. The number of hydrogen-bond acceptors (Lipinski definition) is 4. The van der Waals surface area contributed by atoms with Crippen LogP contribution in [0.4, 0.5) is 0 Å². The van der Waals surface area contributed by atoms with Crippen molar-refractivity contribution in [3.63, 3.8) is 0 Å². The topological polar surface area (TPSA) is 61.7 Å². The maximum Gasteiger partial charge on any atom is 0.0897 e. The predicted molar refractivity (Wildman–Crippen MR) is 63.3 cm³/mol. The Kier molecular flexibility index (Phi) is 5.18. The molecule has 3 N–H and O–H groups in total. The highest BCUT2D eigenvalue weighted by molar-refractivity contribution is 4.80. The first kappa shape index (κ1) is 13.9. The highest BCUT2D eigenvalue weighted by Gasteiger charge is 2.26. The van der Waals surface area contributed by atoms with Crippen molar-refractivity contribution in [1.82, 2.24) is 5.32 Å². The van der Waals surface area contributed by atoms with Crippen molar-refractivity contribution < 1.29 is 14.9 Å². The minimum absolute atomic E-state index is 0.0963. The fourth-order valence-corrected chi connectivity index (χ4v) is 1.73. The SMILES string of the molecule is CC(C)(C)OCC(O)CNCC1CC(O)C1. The Morgan fingerprint density at radius 3 is 2.50 bits per heavy atom. The van der Waals surface area contributed by atoms with Crippen molar-refractivity contribution in [2.45, 2.75) is 51.4 Å². The van der Waals surface area contributed by atoms with Crippen LogP contribution in [0.1, 0.15) is 33.6 Å². The van der Waals surface area contributed by atoms with Gasteiger partial charge < -0.3 is 20.3 Å².